The second kappa shape index (κ2) is 5.44. The van der Waals surface area contributed by atoms with Gasteiger partial charge >= 0.3 is 0 Å². The van der Waals surface area contributed by atoms with Crippen LogP contribution in [-0.2, 0) is 0 Å². The van der Waals surface area contributed by atoms with Gasteiger partial charge in [-0.1, -0.05) is 26.0 Å². The predicted octanol–water partition coefficient (Wildman–Crippen LogP) is 3.75. The van der Waals surface area contributed by atoms with Gasteiger partial charge in [0.15, 0.2) is 0 Å². The standard InChI is InChI=1S/C14H22FN/c1-9(2)8-16-12(5)13-6-10(3)14(15)11(4)7-13/h6-7,9,12,16H,8H2,1-5H3. The molecule has 1 rings (SSSR count). The third-order valence-corrected chi connectivity index (χ3v) is 2.79. The molecule has 0 aliphatic carbocycles. The molecule has 2 heteroatoms. The Kier molecular flexibility index (Phi) is 4.48. The fourth-order valence-electron chi connectivity index (χ4n) is 1.76. The number of halogens is 1. The molecule has 0 aliphatic rings. The SMILES string of the molecule is Cc1cc(C(C)NCC(C)C)cc(C)c1F. The number of aryl methyl sites for hydroxylation is 2. The number of benzene rings is 1. The molecule has 1 aromatic carbocycles. The zero-order valence-electron chi connectivity index (χ0n) is 10.9. The van der Waals surface area contributed by atoms with Crippen LogP contribution in [0.15, 0.2) is 12.1 Å². The van der Waals surface area contributed by atoms with Gasteiger partial charge in [0, 0.05) is 6.04 Å². The Labute approximate surface area is 98.1 Å². The van der Waals surface area contributed by atoms with Crippen molar-refractivity contribution in [1.82, 2.24) is 5.32 Å². The molecule has 16 heavy (non-hydrogen) atoms. The van der Waals surface area contributed by atoms with E-state index in [2.05, 4.69) is 26.1 Å². The van der Waals surface area contributed by atoms with Crippen LogP contribution in [0.4, 0.5) is 4.39 Å². The minimum atomic E-state index is -0.0835. The quantitative estimate of drug-likeness (QED) is 0.819. The Morgan fingerprint density at radius 3 is 2.06 bits per heavy atom. The van der Waals surface area contributed by atoms with E-state index in [0.717, 1.165) is 23.2 Å². The van der Waals surface area contributed by atoms with Crippen molar-refractivity contribution in [1.29, 1.82) is 0 Å². The van der Waals surface area contributed by atoms with Crippen molar-refractivity contribution in [2.45, 2.75) is 40.7 Å². The van der Waals surface area contributed by atoms with E-state index < -0.39 is 0 Å². The molecule has 0 amide bonds. The summed E-state index contributed by atoms with van der Waals surface area (Å²) in [5.41, 5.74) is 2.62. The highest BCUT2D eigenvalue weighted by molar-refractivity contribution is 5.32. The first-order valence-electron chi connectivity index (χ1n) is 5.91. The summed E-state index contributed by atoms with van der Waals surface area (Å²) in [6, 6.07) is 4.14. The van der Waals surface area contributed by atoms with Crippen LogP contribution < -0.4 is 5.32 Å². The Bertz CT molecular complexity index is 335. The van der Waals surface area contributed by atoms with Gasteiger partial charge in [-0.2, -0.15) is 0 Å². The normalized spacial score (nSPS) is 13.2. The van der Waals surface area contributed by atoms with E-state index in [1.54, 1.807) is 0 Å². The summed E-state index contributed by atoms with van der Waals surface area (Å²) >= 11 is 0. The van der Waals surface area contributed by atoms with Crippen LogP contribution in [0.25, 0.3) is 0 Å². The molecule has 0 heterocycles. The van der Waals surface area contributed by atoms with Crippen molar-refractivity contribution in [2.24, 2.45) is 5.92 Å². The van der Waals surface area contributed by atoms with Crippen molar-refractivity contribution in [3.63, 3.8) is 0 Å². The van der Waals surface area contributed by atoms with E-state index in [9.17, 15) is 4.39 Å². The van der Waals surface area contributed by atoms with E-state index in [4.69, 9.17) is 0 Å². The number of hydrogen-bond donors (Lipinski definition) is 1. The Balaban J connectivity index is 2.80. The van der Waals surface area contributed by atoms with Crippen LogP contribution in [0.1, 0.15) is 43.5 Å². The van der Waals surface area contributed by atoms with Gasteiger partial charge < -0.3 is 5.32 Å². The maximum Gasteiger partial charge on any atom is 0.129 e. The minimum absolute atomic E-state index is 0.0835. The zero-order valence-corrected chi connectivity index (χ0v) is 10.9. The van der Waals surface area contributed by atoms with E-state index in [1.807, 2.05) is 26.0 Å². The topological polar surface area (TPSA) is 12.0 Å². The Morgan fingerprint density at radius 1 is 1.12 bits per heavy atom. The van der Waals surface area contributed by atoms with Crippen LogP contribution in [0.2, 0.25) is 0 Å². The largest absolute Gasteiger partial charge is 0.310 e. The van der Waals surface area contributed by atoms with Crippen molar-refractivity contribution in [2.75, 3.05) is 6.54 Å². The lowest BCUT2D eigenvalue weighted by Gasteiger charge is -2.17. The molecule has 0 aromatic heterocycles. The summed E-state index contributed by atoms with van der Waals surface area (Å²) in [5, 5.41) is 3.45. The van der Waals surface area contributed by atoms with Gasteiger partial charge in [-0.25, -0.2) is 4.39 Å². The van der Waals surface area contributed by atoms with Crippen molar-refractivity contribution in [3.05, 3.63) is 34.6 Å². The first-order valence-corrected chi connectivity index (χ1v) is 5.91. The first kappa shape index (κ1) is 13.2. The summed E-state index contributed by atoms with van der Waals surface area (Å²) in [4.78, 5) is 0. The molecule has 0 saturated heterocycles. The highest BCUT2D eigenvalue weighted by Gasteiger charge is 2.09. The van der Waals surface area contributed by atoms with Gasteiger partial charge in [-0.15, -0.1) is 0 Å². The van der Waals surface area contributed by atoms with E-state index in [0.29, 0.717) is 5.92 Å². The lowest BCUT2D eigenvalue weighted by molar-refractivity contribution is 0.495. The maximum absolute atomic E-state index is 13.5. The molecule has 0 fully saturated rings. The Hall–Kier alpha value is -0.890. The van der Waals surface area contributed by atoms with Crippen molar-refractivity contribution in [3.8, 4) is 0 Å². The maximum atomic E-state index is 13.5. The average molecular weight is 223 g/mol. The minimum Gasteiger partial charge on any atom is -0.310 e. The summed E-state index contributed by atoms with van der Waals surface area (Å²) in [6.07, 6.45) is 0. The molecule has 1 atom stereocenters. The molecule has 0 spiro atoms. The summed E-state index contributed by atoms with van der Waals surface area (Å²) in [7, 11) is 0. The molecule has 1 unspecified atom stereocenters. The predicted molar refractivity (Wildman–Crippen MR) is 67.1 cm³/mol. The molecule has 0 bridgehead atoms. The van der Waals surface area contributed by atoms with E-state index >= 15 is 0 Å². The molecule has 1 nitrogen and oxygen atoms in total. The monoisotopic (exact) mass is 223 g/mol. The van der Waals surface area contributed by atoms with Crippen LogP contribution in [0.5, 0.6) is 0 Å². The molecule has 1 aromatic rings. The molecular weight excluding hydrogens is 201 g/mol. The third-order valence-electron chi connectivity index (χ3n) is 2.79. The van der Waals surface area contributed by atoms with Crippen molar-refractivity contribution >= 4 is 0 Å². The first-order chi connectivity index (χ1) is 7.41. The van der Waals surface area contributed by atoms with Crippen LogP contribution in [0.3, 0.4) is 0 Å². The lowest BCUT2D eigenvalue weighted by atomic mass is 10.0. The van der Waals surface area contributed by atoms with Gasteiger partial charge in [-0.05, 0) is 49.9 Å². The second-order valence-corrected chi connectivity index (χ2v) is 4.99. The molecule has 0 saturated carbocycles. The molecule has 0 radical (unpaired) electrons. The second-order valence-electron chi connectivity index (χ2n) is 4.99. The molecular formula is C14H22FN. The van der Waals surface area contributed by atoms with Gasteiger partial charge in [0.25, 0.3) is 0 Å². The summed E-state index contributed by atoms with van der Waals surface area (Å²) in [5.74, 6) is 0.546. The number of hydrogen-bond acceptors (Lipinski definition) is 1. The van der Waals surface area contributed by atoms with E-state index in [1.165, 1.54) is 0 Å². The van der Waals surface area contributed by atoms with Gasteiger partial charge in [0.1, 0.15) is 5.82 Å². The lowest BCUT2D eigenvalue weighted by Crippen LogP contribution is -2.23. The zero-order chi connectivity index (χ0) is 12.3. The number of nitrogens with one attached hydrogen (secondary N) is 1. The fourth-order valence-corrected chi connectivity index (χ4v) is 1.76. The molecule has 1 N–H and O–H groups in total. The fraction of sp³-hybridized carbons (Fsp3) is 0.571. The average Bonchev–Trinajstić information content (AvgIpc) is 2.21. The highest BCUT2D eigenvalue weighted by Crippen LogP contribution is 2.20. The smallest absolute Gasteiger partial charge is 0.129 e. The Morgan fingerprint density at radius 2 is 1.62 bits per heavy atom. The van der Waals surface area contributed by atoms with Crippen LogP contribution in [-0.4, -0.2) is 6.54 Å². The van der Waals surface area contributed by atoms with Crippen LogP contribution in [0, 0.1) is 25.6 Å². The van der Waals surface area contributed by atoms with Crippen molar-refractivity contribution < 1.29 is 4.39 Å². The van der Waals surface area contributed by atoms with Gasteiger partial charge in [-0.3, -0.25) is 0 Å². The van der Waals surface area contributed by atoms with Crippen LogP contribution >= 0.6 is 0 Å². The third kappa shape index (κ3) is 3.31. The summed E-state index contributed by atoms with van der Waals surface area (Å²) < 4.78 is 13.5. The number of rotatable bonds is 4. The molecule has 0 aliphatic heterocycles. The van der Waals surface area contributed by atoms with Gasteiger partial charge in [0.2, 0.25) is 0 Å². The highest BCUT2D eigenvalue weighted by atomic mass is 19.1. The van der Waals surface area contributed by atoms with E-state index in [-0.39, 0.29) is 11.9 Å². The molecule has 90 valence electrons. The summed E-state index contributed by atoms with van der Waals surface area (Å²) in [6.45, 7) is 11.1. The van der Waals surface area contributed by atoms with Gasteiger partial charge in [0.05, 0.1) is 0 Å².